The van der Waals surface area contributed by atoms with Crippen molar-refractivity contribution in [3.05, 3.63) is 59.9 Å². The molecule has 2 aliphatic rings. The Morgan fingerprint density at radius 1 is 1.06 bits per heavy atom. The summed E-state index contributed by atoms with van der Waals surface area (Å²) >= 11 is 0. The fraction of sp³-hybridized carbons (Fsp3) is 0.385. The minimum absolute atomic E-state index is 0.0196. The lowest BCUT2D eigenvalue weighted by atomic mass is 9.95. The average molecular weight is 461 g/mol. The van der Waals surface area contributed by atoms with E-state index in [2.05, 4.69) is 10.1 Å². The third-order valence-electron chi connectivity index (χ3n) is 6.77. The van der Waals surface area contributed by atoms with Crippen LogP contribution in [0, 0.1) is 12.8 Å². The fourth-order valence-corrected chi connectivity index (χ4v) is 4.72. The van der Waals surface area contributed by atoms with Crippen molar-refractivity contribution in [3.8, 4) is 17.2 Å². The maximum absolute atomic E-state index is 13.2. The Labute approximate surface area is 198 Å². The minimum Gasteiger partial charge on any atom is -0.497 e. The molecule has 0 unspecified atom stereocenters. The van der Waals surface area contributed by atoms with Crippen LogP contribution in [0.5, 0.6) is 5.75 Å². The van der Waals surface area contributed by atoms with Crippen LogP contribution in [0.15, 0.2) is 53.1 Å². The van der Waals surface area contributed by atoms with E-state index in [0.717, 1.165) is 29.8 Å². The first kappa shape index (κ1) is 22.1. The molecule has 5 rings (SSSR count). The highest BCUT2D eigenvalue weighted by Crippen LogP contribution is 2.31. The van der Waals surface area contributed by atoms with E-state index in [4.69, 9.17) is 9.26 Å². The van der Waals surface area contributed by atoms with E-state index in [1.54, 1.807) is 12.0 Å². The molecule has 3 aromatic rings. The number of hydrogen-bond acceptors (Lipinski definition) is 6. The fourth-order valence-electron chi connectivity index (χ4n) is 4.72. The monoisotopic (exact) mass is 460 g/mol. The lowest BCUT2D eigenvalue weighted by molar-refractivity contribution is -0.136. The smallest absolute Gasteiger partial charge is 0.257 e. The van der Waals surface area contributed by atoms with E-state index in [1.165, 1.54) is 5.56 Å². The van der Waals surface area contributed by atoms with Crippen LogP contribution in [0.4, 0.5) is 5.69 Å². The molecule has 2 saturated heterocycles. The molecule has 0 radical (unpaired) electrons. The molecule has 0 aliphatic carbocycles. The lowest BCUT2D eigenvalue weighted by Crippen LogP contribution is -2.42. The molecule has 8 nitrogen and oxygen atoms in total. The summed E-state index contributed by atoms with van der Waals surface area (Å²) < 4.78 is 10.7. The number of hydrogen-bond donors (Lipinski definition) is 0. The molecule has 0 N–H and O–H groups in total. The van der Waals surface area contributed by atoms with Crippen LogP contribution in [0.1, 0.15) is 36.6 Å². The summed E-state index contributed by atoms with van der Waals surface area (Å²) in [7, 11) is 1.61. The SMILES string of the molecule is COc1ccc(N2C[C@H](C(=O)N3CCC(c4noc(-c5ccc(C)cc5)n4)CC3)CC2=O)cc1. The van der Waals surface area contributed by atoms with Gasteiger partial charge in [-0.15, -0.1) is 0 Å². The molecule has 2 fully saturated rings. The normalized spacial score (nSPS) is 19.0. The highest BCUT2D eigenvalue weighted by Gasteiger charge is 2.38. The first-order chi connectivity index (χ1) is 16.5. The van der Waals surface area contributed by atoms with Crippen molar-refractivity contribution in [1.82, 2.24) is 15.0 Å². The van der Waals surface area contributed by atoms with Gasteiger partial charge in [0.2, 0.25) is 11.8 Å². The quantitative estimate of drug-likeness (QED) is 0.575. The second kappa shape index (κ2) is 9.29. The summed E-state index contributed by atoms with van der Waals surface area (Å²) in [6, 6.07) is 15.4. The maximum atomic E-state index is 13.2. The molecular formula is C26H28N4O4. The van der Waals surface area contributed by atoms with E-state index < -0.39 is 0 Å². The number of carbonyl (C=O) groups is 2. The zero-order valence-electron chi connectivity index (χ0n) is 19.4. The van der Waals surface area contributed by atoms with E-state index in [9.17, 15) is 9.59 Å². The highest BCUT2D eigenvalue weighted by atomic mass is 16.5. The third-order valence-corrected chi connectivity index (χ3v) is 6.77. The van der Waals surface area contributed by atoms with Gasteiger partial charge >= 0.3 is 0 Å². The lowest BCUT2D eigenvalue weighted by Gasteiger charge is -2.32. The predicted molar refractivity (Wildman–Crippen MR) is 126 cm³/mol. The molecule has 1 aromatic heterocycles. The van der Waals surface area contributed by atoms with Gasteiger partial charge in [-0.3, -0.25) is 9.59 Å². The van der Waals surface area contributed by atoms with Crippen LogP contribution < -0.4 is 9.64 Å². The molecule has 2 aromatic carbocycles. The Morgan fingerprint density at radius 3 is 2.44 bits per heavy atom. The molecular weight excluding hydrogens is 432 g/mol. The van der Waals surface area contributed by atoms with Crippen LogP contribution in [-0.2, 0) is 9.59 Å². The van der Waals surface area contributed by atoms with Gasteiger partial charge in [-0.1, -0.05) is 22.9 Å². The van der Waals surface area contributed by atoms with Gasteiger partial charge in [0, 0.05) is 43.2 Å². The first-order valence-corrected chi connectivity index (χ1v) is 11.7. The maximum Gasteiger partial charge on any atom is 0.257 e. The molecule has 0 spiro atoms. The Hall–Kier alpha value is -3.68. The van der Waals surface area contributed by atoms with Crippen molar-refractivity contribution in [1.29, 1.82) is 0 Å². The molecule has 34 heavy (non-hydrogen) atoms. The number of likely N-dealkylation sites (tertiary alicyclic amines) is 1. The van der Waals surface area contributed by atoms with Crippen molar-refractivity contribution in [3.63, 3.8) is 0 Å². The van der Waals surface area contributed by atoms with Crippen LogP contribution >= 0.6 is 0 Å². The van der Waals surface area contributed by atoms with Crippen LogP contribution in [0.25, 0.3) is 11.5 Å². The minimum atomic E-state index is -0.315. The Kier molecular flexibility index (Phi) is 6.04. The molecule has 0 bridgehead atoms. The Bertz CT molecular complexity index is 1160. The van der Waals surface area contributed by atoms with Gasteiger partial charge in [-0.2, -0.15) is 4.98 Å². The van der Waals surface area contributed by atoms with E-state index in [1.807, 2.05) is 60.4 Å². The van der Waals surface area contributed by atoms with Crippen LogP contribution in [-0.4, -0.2) is 53.6 Å². The number of amides is 2. The van der Waals surface area contributed by atoms with Gasteiger partial charge in [0.15, 0.2) is 5.82 Å². The Morgan fingerprint density at radius 2 is 1.76 bits per heavy atom. The summed E-state index contributed by atoms with van der Waals surface area (Å²) in [4.78, 5) is 33.9. The van der Waals surface area contributed by atoms with Crippen molar-refractivity contribution in [2.75, 3.05) is 31.6 Å². The number of piperidine rings is 1. The van der Waals surface area contributed by atoms with Gasteiger partial charge in [-0.25, -0.2) is 0 Å². The van der Waals surface area contributed by atoms with E-state index in [0.29, 0.717) is 31.3 Å². The predicted octanol–water partition coefficient (Wildman–Crippen LogP) is 3.81. The standard InChI is InChI=1S/C26H28N4O4/c1-17-3-5-19(6-4-17)25-27-24(28-34-25)18-11-13-29(14-12-18)26(32)20-15-23(31)30(16-20)21-7-9-22(33-2)10-8-21/h3-10,18,20H,11-16H2,1-2H3/t20-/m1/s1. The number of ether oxygens (including phenoxy) is 1. The number of methoxy groups -OCH3 is 1. The molecule has 8 heteroatoms. The number of rotatable bonds is 5. The molecule has 2 amide bonds. The summed E-state index contributed by atoms with van der Waals surface area (Å²) in [6.45, 7) is 3.71. The largest absolute Gasteiger partial charge is 0.497 e. The van der Waals surface area contributed by atoms with Gasteiger partial charge in [0.05, 0.1) is 13.0 Å². The van der Waals surface area contributed by atoms with Crippen LogP contribution in [0.2, 0.25) is 0 Å². The second-order valence-corrected chi connectivity index (χ2v) is 9.03. The van der Waals surface area contributed by atoms with E-state index >= 15 is 0 Å². The topological polar surface area (TPSA) is 88.8 Å². The molecule has 176 valence electrons. The molecule has 2 aliphatic heterocycles. The van der Waals surface area contributed by atoms with Crippen molar-refractivity contribution in [2.24, 2.45) is 5.92 Å². The van der Waals surface area contributed by atoms with Gasteiger partial charge < -0.3 is 19.1 Å². The number of carbonyl (C=O) groups excluding carboxylic acids is 2. The zero-order chi connectivity index (χ0) is 23.7. The van der Waals surface area contributed by atoms with Crippen molar-refractivity contribution in [2.45, 2.75) is 32.1 Å². The van der Waals surface area contributed by atoms with Crippen LogP contribution in [0.3, 0.4) is 0 Å². The van der Waals surface area contributed by atoms with Gasteiger partial charge in [0.1, 0.15) is 5.75 Å². The number of nitrogens with zero attached hydrogens (tertiary/aromatic N) is 4. The van der Waals surface area contributed by atoms with Gasteiger partial charge in [0.25, 0.3) is 5.89 Å². The van der Waals surface area contributed by atoms with Gasteiger partial charge in [-0.05, 0) is 56.2 Å². The third kappa shape index (κ3) is 4.40. The first-order valence-electron chi connectivity index (χ1n) is 11.7. The zero-order valence-corrected chi connectivity index (χ0v) is 19.4. The summed E-state index contributed by atoms with van der Waals surface area (Å²) in [5, 5.41) is 4.20. The molecule has 1 atom stereocenters. The second-order valence-electron chi connectivity index (χ2n) is 9.03. The summed E-state index contributed by atoms with van der Waals surface area (Å²) in [5.41, 5.74) is 2.88. The number of benzene rings is 2. The number of aryl methyl sites for hydroxylation is 1. The van der Waals surface area contributed by atoms with E-state index in [-0.39, 0.29) is 30.1 Å². The Balaban J connectivity index is 1.18. The summed E-state index contributed by atoms with van der Waals surface area (Å²) in [6.07, 6.45) is 1.80. The molecule has 0 saturated carbocycles. The summed E-state index contributed by atoms with van der Waals surface area (Å²) in [5.74, 6) is 1.84. The highest BCUT2D eigenvalue weighted by molar-refractivity contribution is 6.00. The number of aromatic nitrogens is 2. The van der Waals surface area contributed by atoms with Crippen molar-refractivity contribution < 1.29 is 18.8 Å². The molecule has 3 heterocycles. The average Bonchev–Trinajstić information content (AvgIpc) is 3.52. The number of anilines is 1. The van der Waals surface area contributed by atoms with Crippen molar-refractivity contribution >= 4 is 17.5 Å².